The van der Waals surface area contributed by atoms with Crippen LogP contribution in [0.1, 0.15) is 19.5 Å². The zero-order valence-electron chi connectivity index (χ0n) is 8.51. The van der Waals surface area contributed by atoms with Crippen LogP contribution >= 0.6 is 0 Å². The number of hydrogen-bond acceptors (Lipinski definition) is 2. The van der Waals surface area contributed by atoms with Crippen molar-refractivity contribution < 1.29 is 17.9 Å². The lowest BCUT2D eigenvalue weighted by molar-refractivity contribution is -0.277. The van der Waals surface area contributed by atoms with Crippen molar-refractivity contribution in [3.63, 3.8) is 0 Å². The molecule has 0 fully saturated rings. The van der Waals surface area contributed by atoms with Gasteiger partial charge >= 0.3 is 6.18 Å². The molecule has 0 bridgehead atoms. The van der Waals surface area contributed by atoms with E-state index in [1.165, 1.54) is 25.3 Å². The summed E-state index contributed by atoms with van der Waals surface area (Å²) >= 11 is 0. The number of hydrogen-bond donors (Lipinski definition) is 0. The number of rotatable bonds is 3. The van der Waals surface area contributed by atoms with E-state index in [-0.39, 0.29) is 12.3 Å². The van der Waals surface area contributed by atoms with Gasteiger partial charge in [-0.3, -0.25) is 4.98 Å². The predicted octanol–water partition coefficient (Wildman–Crippen LogP) is 2.90. The van der Waals surface area contributed by atoms with Crippen molar-refractivity contribution >= 4 is 0 Å². The molecule has 0 aliphatic rings. The zero-order chi connectivity index (χ0) is 11.5. The predicted molar refractivity (Wildman–Crippen MR) is 49.3 cm³/mol. The van der Waals surface area contributed by atoms with E-state index in [1.807, 2.05) is 0 Å². The van der Waals surface area contributed by atoms with Crippen molar-refractivity contribution in [1.82, 2.24) is 4.98 Å². The average molecular weight is 219 g/mol. The van der Waals surface area contributed by atoms with E-state index < -0.39 is 11.8 Å². The number of ether oxygens (including phenoxy) is 1. The lowest BCUT2D eigenvalue weighted by Gasteiger charge is -2.30. The summed E-state index contributed by atoms with van der Waals surface area (Å²) in [7, 11) is 0. The average Bonchev–Trinajstić information content (AvgIpc) is 2.18. The van der Waals surface area contributed by atoms with Gasteiger partial charge in [0.05, 0.1) is 5.69 Å². The van der Waals surface area contributed by atoms with Crippen molar-refractivity contribution in [2.45, 2.75) is 25.6 Å². The van der Waals surface area contributed by atoms with Gasteiger partial charge < -0.3 is 4.74 Å². The van der Waals surface area contributed by atoms with Gasteiger partial charge in [-0.25, -0.2) is 0 Å². The maximum atomic E-state index is 12.8. The first-order chi connectivity index (χ1) is 6.92. The molecule has 1 heterocycles. The van der Waals surface area contributed by atoms with Crippen LogP contribution in [0.3, 0.4) is 0 Å². The molecular formula is C10H12F3NO. The maximum Gasteiger partial charge on any atom is 0.422 e. The Morgan fingerprint density at radius 3 is 2.40 bits per heavy atom. The Morgan fingerprint density at radius 2 is 2.00 bits per heavy atom. The Hall–Kier alpha value is -1.10. The molecule has 1 unspecified atom stereocenters. The van der Waals surface area contributed by atoms with Crippen molar-refractivity contribution in [3.05, 3.63) is 30.1 Å². The first-order valence-corrected chi connectivity index (χ1v) is 4.54. The SMILES string of the molecule is CCOC(C)(c1ccccn1)C(F)(F)F. The molecule has 0 saturated carbocycles. The van der Waals surface area contributed by atoms with E-state index in [2.05, 4.69) is 4.98 Å². The largest absolute Gasteiger partial charge is 0.422 e. The molecule has 0 N–H and O–H groups in total. The van der Waals surface area contributed by atoms with Gasteiger partial charge in [-0.05, 0) is 26.0 Å². The minimum atomic E-state index is -4.47. The Kier molecular flexibility index (Phi) is 3.34. The molecule has 0 amide bonds. The summed E-state index contributed by atoms with van der Waals surface area (Å²) in [6.45, 7) is 2.48. The second kappa shape index (κ2) is 4.18. The Bertz CT molecular complexity index is 312. The third kappa shape index (κ3) is 2.28. The van der Waals surface area contributed by atoms with Crippen LogP contribution in [0.5, 0.6) is 0 Å². The molecule has 1 atom stereocenters. The first kappa shape index (κ1) is 12.0. The van der Waals surface area contributed by atoms with E-state index in [1.54, 1.807) is 6.07 Å². The van der Waals surface area contributed by atoms with E-state index >= 15 is 0 Å². The number of halogens is 3. The lowest BCUT2D eigenvalue weighted by atomic mass is 10.0. The smallest absolute Gasteiger partial charge is 0.360 e. The van der Waals surface area contributed by atoms with Crippen LogP contribution in [0.2, 0.25) is 0 Å². The van der Waals surface area contributed by atoms with Crippen molar-refractivity contribution in [2.75, 3.05) is 6.61 Å². The molecule has 84 valence electrons. The number of nitrogens with zero attached hydrogens (tertiary/aromatic N) is 1. The van der Waals surface area contributed by atoms with Crippen LogP contribution in [0.4, 0.5) is 13.2 Å². The molecule has 2 nitrogen and oxygen atoms in total. The van der Waals surface area contributed by atoms with Crippen LogP contribution in [-0.4, -0.2) is 17.8 Å². The number of alkyl halides is 3. The van der Waals surface area contributed by atoms with Gasteiger partial charge in [-0.15, -0.1) is 0 Å². The topological polar surface area (TPSA) is 22.1 Å². The summed E-state index contributed by atoms with van der Waals surface area (Å²) in [5.41, 5.74) is -2.46. The summed E-state index contributed by atoms with van der Waals surface area (Å²) in [4.78, 5) is 3.69. The molecular weight excluding hydrogens is 207 g/mol. The van der Waals surface area contributed by atoms with E-state index in [0.29, 0.717) is 0 Å². The summed E-state index contributed by atoms with van der Waals surface area (Å²) < 4.78 is 43.2. The summed E-state index contributed by atoms with van der Waals surface area (Å²) in [6, 6.07) is 4.38. The van der Waals surface area contributed by atoms with Gasteiger partial charge in [0, 0.05) is 12.8 Å². The van der Waals surface area contributed by atoms with E-state index in [9.17, 15) is 13.2 Å². The van der Waals surface area contributed by atoms with E-state index in [4.69, 9.17) is 4.74 Å². The molecule has 5 heteroatoms. The standard InChI is InChI=1S/C10H12F3NO/c1-3-15-9(2,10(11,12)13)8-6-4-5-7-14-8/h4-7H,3H2,1-2H3. The fraction of sp³-hybridized carbons (Fsp3) is 0.500. The molecule has 0 aliphatic heterocycles. The van der Waals surface area contributed by atoms with Crippen molar-refractivity contribution in [3.8, 4) is 0 Å². The second-order valence-corrected chi connectivity index (χ2v) is 3.18. The van der Waals surface area contributed by atoms with Crippen LogP contribution in [0, 0.1) is 0 Å². The van der Waals surface area contributed by atoms with Crippen molar-refractivity contribution in [1.29, 1.82) is 0 Å². The van der Waals surface area contributed by atoms with Gasteiger partial charge in [0.15, 0.2) is 0 Å². The minimum Gasteiger partial charge on any atom is -0.360 e. The summed E-state index contributed by atoms with van der Waals surface area (Å²) in [5, 5.41) is 0. The minimum absolute atomic E-state index is 0.0212. The molecule has 1 aromatic rings. The van der Waals surface area contributed by atoms with Gasteiger partial charge in [-0.2, -0.15) is 13.2 Å². The highest BCUT2D eigenvalue weighted by molar-refractivity contribution is 5.14. The van der Waals surface area contributed by atoms with Crippen LogP contribution < -0.4 is 0 Å². The Morgan fingerprint density at radius 1 is 1.33 bits per heavy atom. The van der Waals surface area contributed by atoms with Crippen LogP contribution in [0.15, 0.2) is 24.4 Å². The van der Waals surface area contributed by atoms with Gasteiger partial charge in [-0.1, -0.05) is 6.07 Å². The summed E-state index contributed by atoms with van der Waals surface area (Å²) in [5.74, 6) is 0. The summed E-state index contributed by atoms with van der Waals surface area (Å²) in [6.07, 6.45) is -3.16. The molecule has 15 heavy (non-hydrogen) atoms. The van der Waals surface area contributed by atoms with Crippen molar-refractivity contribution in [2.24, 2.45) is 0 Å². The van der Waals surface area contributed by atoms with Gasteiger partial charge in [0.2, 0.25) is 5.60 Å². The van der Waals surface area contributed by atoms with Crippen LogP contribution in [-0.2, 0) is 10.3 Å². The highest BCUT2D eigenvalue weighted by Crippen LogP contribution is 2.40. The fourth-order valence-corrected chi connectivity index (χ4v) is 1.23. The molecule has 0 saturated heterocycles. The monoisotopic (exact) mass is 219 g/mol. The molecule has 0 aromatic carbocycles. The molecule has 0 radical (unpaired) electrons. The van der Waals surface area contributed by atoms with Gasteiger partial charge in [0.1, 0.15) is 0 Å². The van der Waals surface area contributed by atoms with E-state index in [0.717, 1.165) is 6.92 Å². The first-order valence-electron chi connectivity index (χ1n) is 4.54. The fourth-order valence-electron chi connectivity index (χ4n) is 1.23. The quantitative estimate of drug-likeness (QED) is 0.779. The second-order valence-electron chi connectivity index (χ2n) is 3.18. The number of aromatic nitrogens is 1. The third-order valence-corrected chi connectivity index (χ3v) is 2.13. The highest BCUT2D eigenvalue weighted by Gasteiger charge is 2.54. The zero-order valence-corrected chi connectivity index (χ0v) is 8.51. The highest BCUT2D eigenvalue weighted by atomic mass is 19.4. The number of pyridine rings is 1. The molecule has 0 spiro atoms. The molecule has 1 rings (SSSR count). The Labute approximate surface area is 86.1 Å². The molecule has 0 aliphatic carbocycles. The maximum absolute atomic E-state index is 12.8. The Balaban J connectivity index is 3.13. The normalized spacial score (nSPS) is 16.1. The van der Waals surface area contributed by atoms with Crippen LogP contribution in [0.25, 0.3) is 0 Å². The molecule has 1 aromatic heterocycles. The lowest BCUT2D eigenvalue weighted by Crippen LogP contribution is -2.42. The van der Waals surface area contributed by atoms with Gasteiger partial charge in [0.25, 0.3) is 0 Å². The third-order valence-electron chi connectivity index (χ3n) is 2.13.